The van der Waals surface area contributed by atoms with Gasteiger partial charge in [-0.1, -0.05) is 12.1 Å². The summed E-state index contributed by atoms with van der Waals surface area (Å²) in [4.78, 5) is 16.7. The Hall–Kier alpha value is -3.95. The van der Waals surface area contributed by atoms with Crippen molar-refractivity contribution in [1.29, 1.82) is 0 Å². The zero-order valence-corrected chi connectivity index (χ0v) is 18.5. The van der Waals surface area contributed by atoms with Crippen LogP contribution in [0.4, 0.5) is 8.78 Å². The van der Waals surface area contributed by atoms with Crippen LogP contribution in [0.3, 0.4) is 0 Å². The lowest BCUT2D eigenvalue weighted by molar-refractivity contribution is 0.0599. The zero-order chi connectivity index (χ0) is 23.7. The number of hydrogen-bond acceptors (Lipinski definition) is 6. The molecule has 2 aromatic heterocycles. The molecule has 1 amide bonds. The summed E-state index contributed by atoms with van der Waals surface area (Å²) in [5.74, 6) is -0.629. The molecule has 5 rings (SSSR count). The van der Waals surface area contributed by atoms with E-state index >= 15 is 0 Å². The largest absolute Gasteiger partial charge is 0.421 e. The summed E-state index contributed by atoms with van der Waals surface area (Å²) < 4.78 is 33.2. The number of likely N-dealkylation sites (tertiary alicyclic amines) is 1. The molecule has 34 heavy (non-hydrogen) atoms. The van der Waals surface area contributed by atoms with Gasteiger partial charge in [-0.2, -0.15) is 9.90 Å². The van der Waals surface area contributed by atoms with Crippen molar-refractivity contribution in [2.45, 2.75) is 31.7 Å². The zero-order valence-electron chi connectivity index (χ0n) is 18.5. The Balaban J connectivity index is 1.39. The SMILES string of the molecule is Cn1nc(C(=O)N2CCCC[C@H]2Cc2nnc(-c3ccccc3F)o2)c(-c2ccc(F)cc2)n1. The van der Waals surface area contributed by atoms with E-state index < -0.39 is 5.82 Å². The Morgan fingerprint density at radius 2 is 1.85 bits per heavy atom. The first kappa shape index (κ1) is 21.9. The van der Waals surface area contributed by atoms with Crippen molar-refractivity contribution in [2.75, 3.05) is 6.54 Å². The summed E-state index contributed by atoms with van der Waals surface area (Å²) in [6.45, 7) is 0.553. The Bertz CT molecular complexity index is 1320. The molecular weight excluding hydrogens is 442 g/mol. The minimum atomic E-state index is -0.442. The molecule has 2 aromatic carbocycles. The Morgan fingerprint density at radius 3 is 2.65 bits per heavy atom. The fourth-order valence-corrected chi connectivity index (χ4v) is 4.25. The summed E-state index contributed by atoms with van der Waals surface area (Å²) in [5.41, 5.74) is 1.45. The van der Waals surface area contributed by atoms with Gasteiger partial charge in [0.05, 0.1) is 5.56 Å². The minimum absolute atomic E-state index is 0.106. The molecule has 1 atom stereocenters. The first-order valence-electron chi connectivity index (χ1n) is 11.0. The summed E-state index contributed by atoms with van der Waals surface area (Å²) in [7, 11) is 1.64. The van der Waals surface area contributed by atoms with Crippen LogP contribution in [0.2, 0.25) is 0 Å². The van der Waals surface area contributed by atoms with Crippen LogP contribution in [0.25, 0.3) is 22.7 Å². The number of amides is 1. The van der Waals surface area contributed by atoms with E-state index in [0.29, 0.717) is 30.1 Å². The second-order valence-corrected chi connectivity index (χ2v) is 8.23. The summed E-state index contributed by atoms with van der Waals surface area (Å²) in [6.07, 6.45) is 2.92. The van der Waals surface area contributed by atoms with Gasteiger partial charge in [0.25, 0.3) is 11.8 Å². The molecule has 0 unspecified atom stereocenters. The van der Waals surface area contributed by atoms with Crippen molar-refractivity contribution in [2.24, 2.45) is 7.05 Å². The minimum Gasteiger partial charge on any atom is -0.421 e. The highest BCUT2D eigenvalue weighted by atomic mass is 19.1. The lowest BCUT2D eigenvalue weighted by atomic mass is 9.98. The number of nitrogens with zero attached hydrogens (tertiary/aromatic N) is 6. The maximum atomic E-state index is 14.1. The molecule has 0 saturated carbocycles. The fraction of sp³-hybridized carbons (Fsp3) is 0.292. The average Bonchev–Trinajstić information content (AvgIpc) is 3.46. The number of rotatable bonds is 5. The molecule has 0 spiro atoms. The van der Waals surface area contributed by atoms with Gasteiger partial charge in [0.1, 0.15) is 17.3 Å². The quantitative estimate of drug-likeness (QED) is 0.443. The van der Waals surface area contributed by atoms with Gasteiger partial charge in [0.15, 0.2) is 5.69 Å². The van der Waals surface area contributed by atoms with E-state index in [2.05, 4.69) is 20.4 Å². The first-order valence-corrected chi connectivity index (χ1v) is 11.0. The highest BCUT2D eigenvalue weighted by Gasteiger charge is 2.32. The molecule has 8 nitrogen and oxygen atoms in total. The van der Waals surface area contributed by atoms with E-state index in [9.17, 15) is 13.6 Å². The van der Waals surface area contributed by atoms with Gasteiger partial charge in [0, 0.05) is 31.6 Å². The number of aromatic nitrogens is 5. The predicted molar refractivity (Wildman–Crippen MR) is 118 cm³/mol. The standard InChI is InChI=1S/C24H22F2N6O2/c1-31-29-21(15-9-11-16(25)12-10-15)22(30-31)24(33)32-13-5-4-6-17(32)14-20-27-28-23(34-20)18-7-2-3-8-19(18)26/h2-3,7-12,17H,4-6,13-14H2,1H3/t17-/m0/s1. The number of piperidine rings is 1. The number of halogens is 2. The number of carbonyl (C=O) groups excluding carboxylic acids is 1. The fourth-order valence-electron chi connectivity index (χ4n) is 4.25. The van der Waals surface area contributed by atoms with Crippen LogP contribution in [-0.4, -0.2) is 48.6 Å². The Labute approximate surface area is 194 Å². The smallest absolute Gasteiger partial charge is 0.276 e. The third-order valence-electron chi connectivity index (χ3n) is 5.90. The third kappa shape index (κ3) is 4.30. The maximum absolute atomic E-state index is 14.1. The number of aryl methyl sites for hydroxylation is 1. The normalized spacial score (nSPS) is 16.1. The van der Waals surface area contributed by atoms with Crippen LogP contribution >= 0.6 is 0 Å². The Morgan fingerprint density at radius 1 is 1.06 bits per heavy atom. The number of carbonyl (C=O) groups is 1. The lowest BCUT2D eigenvalue weighted by Crippen LogP contribution is -2.45. The topological polar surface area (TPSA) is 89.9 Å². The Kier molecular flexibility index (Phi) is 5.87. The van der Waals surface area contributed by atoms with E-state index in [-0.39, 0.29) is 34.9 Å². The maximum Gasteiger partial charge on any atom is 0.276 e. The van der Waals surface area contributed by atoms with E-state index in [1.54, 1.807) is 42.3 Å². The van der Waals surface area contributed by atoms with E-state index in [4.69, 9.17) is 4.42 Å². The van der Waals surface area contributed by atoms with Gasteiger partial charge in [-0.05, 0) is 55.7 Å². The monoisotopic (exact) mass is 464 g/mol. The molecule has 3 heterocycles. The van der Waals surface area contributed by atoms with Crippen LogP contribution in [0, 0.1) is 11.6 Å². The second-order valence-electron chi connectivity index (χ2n) is 8.23. The van der Waals surface area contributed by atoms with Gasteiger partial charge < -0.3 is 9.32 Å². The van der Waals surface area contributed by atoms with E-state index in [1.807, 2.05) is 0 Å². The van der Waals surface area contributed by atoms with Gasteiger partial charge in [-0.15, -0.1) is 15.3 Å². The highest BCUT2D eigenvalue weighted by Crippen LogP contribution is 2.28. The van der Waals surface area contributed by atoms with Gasteiger partial charge in [0.2, 0.25) is 5.89 Å². The summed E-state index contributed by atoms with van der Waals surface area (Å²) >= 11 is 0. The van der Waals surface area contributed by atoms with Gasteiger partial charge in [-0.3, -0.25) is 4.79 Å². The van der Waals surface area contributed by atoms with Crippen molar-refractivity contribution >= 4 is 5.91 Å². The van der Waals surface area contributed by atoms with E-state index in [1.165, 1.54) is 23.0 Å². The van der Waals surface area contributed by atoms with Crippen molar-refractivity contribution in [3.05, 3.63) is 71.8 Å². The molecule has 10 heteroatoms. The van der Waals surface area contributed by atoms with E-state index in [0.717, 1.165) is 19.3 Å². The third-order valence-corrected chi connectivity index (χ3v) is 5.90. The molecule has 1 aliphatic heterocycles. The van der Waals surface area contributed by atoms with Gasteiger partial charge in [-0.25, -0.2) is 8.78 Å². The van der Waals surface area contributed by atoms with Crippen molar-refractivity contribution in [3.8, 4) is 22.7 Å². The molecule has 0 aliphatic carbocycles. The molecule has 4 aromatic rings. The molecular formula is C24H22F2N6O2. The average molecular weight is 464 g/mol. The van der Waals surface area contributed by atoms with Crippen LogP contribution < -0.4 is 0 Å². The van der Waals surface area contributed by atoms with Crippen molar-refractivity contribution < 1.29 is 18.0 Å². The first-order chi connectivity index (χ1) is 16.5. The molecule has 0 radical (unpaired) electrons. The predicted octanol–water partition coefficient (Wildman–Crippen LogP) is 4.05. The van der Waals surface area contributed by atoms with Crippen LogP contribution in [0.5, 0.6) is 0 Å². The number of benzene rings is 2. The molecule has 1 aliphatic rings. The van der Waals surface area contributed by atoms with Crippen LogP contribution in [0.1, 0.15) is 35.6 Å². The lowest BCUT2D eigenvalue weighted by Gasteiger charge is -2.34. The molecule has 1 fully saturated rings. The molecule has 0 bridgehead atoms. The van der Waals surface area contributed by atoms with Crippen LogP contribution in [-0.2, 0) is 13.5 Å². The van der Waals surface area contributed by atoms with Gasteiger partial charge >= 0.3 is 0 Å². The second kappa shape index (κ2) is 9.12. The molecule has 1 saturated heterocycles. The summed E-state index contributed by atoms with van der Waals surface area (Å²) in [6, 6.07) is 11.8. The van der Waals surface area contributed by atoms with Crippen molar-refractivity contribution in [3.63, 3.8) is 0 Å². The molecule has 0 N–H and O–H groups in total. The van der Waals surface area contributed by atoms with Crippen LogP contribution in [0.15, 0.2) is 52.9 Å². The highest BCUT2D eigenvalue weighted by molar-refractivity contribution is 5.98. The number of hydrogen-bond donors (Lipinski definition) is 0. The van der Waals surface area contributed by atoms with Crippen molar-refractivity contribution in [1.82, 2.24) is 30.1 Å². The summed E-state index contributed by atoms with van der Waals surface area (Å²) in [5, 5.41) is 16.7. The molecule has 174 valence electrons.